The van der Waals surface area contributed by atoms with Crippen LogP contribution < -0.4 is 5.73 Å². The monoisotopic (exact) mass is 240 g/mol. The Bertz CT molecular complexity index is 235. The lowest BCUT2D eigenvalue weighted by Gasteiger charge is -1.95. The fourth-order valence-electron chi connectivity index (χ4n) is 0.866. The van der Waals surface area contributed by atoms with E-state index in [4.69, 9.17) is 0 Å². The first-order valence-corrected chi connectivity index (χ1v) is 6.25. The van der Waals surface area contributed by atoms with Gasteiger partial charge in [-0.1, -0.05) is 33.8 Å². The molecule has 0 radical (unpaired) electrons. The zero-order valence-corrected chi connectivity index (χ0v) is 12.2. The second-order valence-corrected chi connectivity index (χ2v) is 2.56. The second-order valence-electron chi connectivity index (χ2n) is 2.56. The molecule has 0 bridgehead atoms. The molecule has 3 nitrogen and oxygen atoms in total. The van der Waals surface area contributed by atoms with Crippen LogP contribution in [0.1, 0.15) is 46.6 Å². The number of rotatable bonds is 3. The Morgan fingerprint density at radius 1 is 1.24 bits per heavy atom. The van der Waals surface area contributed by atoms with Gasteiger partial charge in [-0.15, -0.1) is 0 Å². The number of Topliss-reactive ketones (excluding diaryl/α,β-unsaturated/α-hetero) is 1. The first-order valence-electron chi connectivity index (χ1n) is 6.25. The van der Waals surface area contributed by atoms with Crippen molar-refractivity contribution in [3.05, 3.63) is 30.1 Å². The lowest BCUT2D eigenvalue weighted by atomic mass is 10.1. The Morgan fingerprint density at radius 3 is 2.12 bits per heavy atom. The summed E-state index contributed by atoms with van der Waals surface area (Å²) in [5.74, 6) is 0.230. The number of aryl methyl sites for hydroxylation is 1. The molecule has 1 aromatic rings. The van der Waals surface area contributed by atoms with Gasteiger partial charge >= 0.3 is 0 Å². The van der Waals surface area contributed by atoms with E-state index in [1.807, 2.05) is 39.8 Å². The Morgan fingerprint density at radius 2 is 1.76 bits per heavy atom. The number of hydrogen-bond acceptors (Lipinski definition) is 3. The largest absolute Gasteiger partial charge is 0.333 e. The molecule has 0 aliphatic carbocycles. The number of nitrogens with zero attached hydrogens (tertiary/aromatic N) is 1. The summed E-state index contributed by atoms with van der Waals surface area (Å²) in [5, 5.41) is 0. The van der Waals surface area contributed by atoms with Crippen LogP contribution in [-0.4, -0.2) is 17.8 Å². The summed E-state index contributed by atoms with van der Waals surface area (Å²) in [5.41, 5.74) is 5.63. The van der Waals surface area contributed by atoms with Crippen LogP contribution in [0.3, 0.4) is 0 Å². The fraction of sp³-hybridized carbons (Fsp3) is 0.571. The Balaban J connectivity index is -0.000000285. The highest BCUT2D eigenvalue weighted by Gasteiger charge is 1.94. The molecule has 3 heteroatoms. The number of pyridine rings is 1. The number of ketones is 1. The number of hydrogen-bond donors (Lipinski definition) is 1. The van der Waals surface area contributed by atoms with E-state index in [2.05, 4.69) is 10.7 Å². The van der Waals surface area contributed by atoms with E-state index in [-0.39, 0.29) is 5.78 Å². The molecule has 17 heavy (non-hydrogen) atoms. The average molecular weight is 240 g/mol. The van der Waals surface area contributed by atoms with Crippen molar-refractivity contribution in [2.75, 3.05) is 7.05 Å². The van der Waals surface area contributed by atoms with Gasteiger partial charge in [0, 0.05) is 18.8 Å². The van der Waals surface area contributed by atoms with Crippen LogP contribution in [0.25, 0.3) is 0 Å². The molecular weight excluding hydrogens is 212 g/mol. The normalized spacial score (nSPS) is 7.24. The molecule has 0 spiro atoms. The van der Waals surface area contributed by atoms with Gasteiger partial charge in [0.25, 0.3) is 0 Å². The van der Waals surface area contributed by atoms with Crippen molar-refractivity contribution in [3.8, 4) is 0 Å². The average Bonchev–Trinajstić information content (AvgIpc) is 2.44. The number of carbonyl (C=O) groups excluding carboxylic acids is 1. The molecule has 2 N–H and O–H groups in total. The molecule has 0 aliphatic rings. The highest BCUT2D eigenvalue weighted by atomic mass is 16.1. The molecule has 0 fully saturated rings. The quantitative estimate of drug-likeness (QED) is 0.882. The summed E-state index contributed by atoms with van der Waals surface area (Å²) >= 11 is 0. The van der Waals surface area contributed by atoms with Crippen molar-refractivity contribution in [3.63, 3.8) is 0 Å². The van der Waals surface area contributed by atoms with Gasteiger partial charge in [-0.2, -0.15) is 0 Å². The molecule has 100 valence electrons. The number of nitrogens with two attached hydrogens (primary N) is 1. The molecule has 1 aromatic heterocycles. The molecule has 0 saturated heterocycles. The van der Waals surface area contributed by atoms with Crippen molar-refractivity contribution in [2.24, 2.45) is 5.73 Å². The van der Waals surface area contributed by atoms with Crippen LogP contribution in [0.2, 0.25) is 0 Å². The second kappa shape index (κ2) is 20.2. The van der Waals surface area contributed by atoms with Crippen LogP contribution in [0, 0.1) is 0 Å². The van der Waals surface area contributed by atoms with Gasteiger partial charge in [0.1, 0.15) is 5.78 Å². The third-order valence-electron chi connectivity index (χ3n) is 1.49. The van der Waals surface area contributed by atoms with E-state index in [1.54, 1.807) is 19.3 Å². The first-order chi connectivity index (χ1) is 8.29. The van der Waals surface area contributed by atoms with Crippen molar-refractivity contribution >= 4 is 5.78 Å². The number of aromatic nitrogens is 1. The number of carbonyl (C=O) groups is 1. The predicted octanol–water partition coefficient (Wildman–Crippen LogP) is 3.23. The van der Waals surface area contributed by atoms with Crippen molar-refractivity contribution in [2.45, 2.75) is 47.5 Å². The van der Waals surface area contributed by atoms with E-state index >= 15 is 0 Å². The smallest absolute Gasteiger partial charge is 0.130 e. The van der Waals surface area contributed by atoms with Crippen LogP contribution in [-0.2, 0) is 11.2 Å². The first kappa shape index (κ1) is 21.1. The SMILES string of the molecule is CC.CC.CC(=O)CCc1cccnc1.CN. The summed E-state index contributed by atoms with van der Waals surface area (Å²) in [4.78, 5) is 14.5. The molecule has 1 rings (SSSR count). The van der Waals surface area contributed by atoms with Crippen molar-refractivity contribution < 1.29 is 4.79 Å². The Labute approximate surface area is 106 Å². The van der Waals surface area contributed by atoms with Gasteiger partial charge in [-0.25, -0.2) is 0 Å². The molecule has 1 heterocycles. The minimum atomic E-state index is 0.230. The highest BCUT2D eigenvalue weighted by molar-refractivity contribution is 5.75. The zero-order valence-electron chi connectivity index (χ0n) is 12.2. The van der Waals surface area contributed by atoms with E-state index in [1.165, 1.54) is 7.05 Å². The maximum Gasteiger partial charge on any atom is 0.130 e. The van der Waals surface area contributed by atoms with Gasteiger partial charge in [0.2, 0.25) is 0 Å². The minimum absolute atomic E-state index is 0.230. The summed E-state index contributed by atoms with van der Waals surface area (Å²) in [6.07, 6.45) is 4.95. The maximum atomic E-state index is 10.6. The van der Waals surface area contributed by atoms with Gasteiger partial charge in [-0.3, -0.25) is 4.98 Å². The van der Waals surface area contributed by atoms with Gasteiger partial charge in [0.05, 0.1) is 0 Å². The van der Waals surface area contributed by atoms with Crippen LogP contribution >= 0.6 is 0 Å². The fourth-order valence-corrected chi connectivity index (χ4v) is 0.866. The molecule has 0 atom stereocenters. The summed E-state index contributed by atoms with van der Waals surface area (Å²) < 4.78 is 0. The zero-order chi connectivity index (χ0) is 14.1. The summed E-state index contributed by atoms with van der Waals surface area (Å²) in [6.45, 7) is 9.61. The molecule has 0 amide bonds. The van der Waals surface area contributed by atoms with Gasteiger partial charge < -0.3 is 10.5 Å². The lowest BCUT2D eigenvalue weighted by molar-refractivity contribution is -0.116. The molecule has 0 saturated carbocycles. The predicted molar refractivity (Wildman–Crippen MR) is 76.0 cm³/mol. The van der Waals surface area contributed by atoms with E-state index < -0.39 is 0 Å². The molecule has 0 aromatic carbocycles. The van der Waals surface area contributed by atoms with Crippen LogP contribution in [0.15, 0.2) is 24.5 Å². The lowest BCUT2D eigenvalue weighted by Crippen LogP contribution is -1.93. The van der Waals surface area contributed by atoms with Gasteiger partial charge in [0.15, 0.2) is 0 Å². The Hall–Kier alpha value is -1.22. The van der Waals surface area contributed by atoms with E-state index in [0.717, 1.165) is 12.0 Å². The summed E-state index contributed by atoms with van der Waals surface area (Å²) in [7, 11) is 1.50. The van der Waals surface area contributed by atoms with Crippen molar-refractivity contribution in [1.29, 1.82) is 0 Å². The maximum absolute atomic E-state index is 10.6. The molecule has 0 unspecified atom stereocenters. The van der Waals surface area contributed by atoms with Crippen molar-refractivity contribution in [1.82, 2.24) is 4.98 Å². The molecular formula is C14H28N2O. The van der Waals surface area contributed by atoms with E-state index in [0.29, 0.717) is 6.42 Å². The third-order valence-corrected chi connectivity index (χ3v) is 1.49. The topological polar surface area (TPSA) is 56.0 Å². The molecule has 0 aliphatic heterocycles. The summed E-state index contributed by atoms with van der Waals surface area (Å²) in [6, 6.07) is 3.87. The standard InChI is InChI=1S/C9H11NO.2C2H6.CH5N/c1-8(11)4-5-9-3-2-6-10-7-9;3*1-2/h2-3,6-7H,4-5H2,1H3;2*1-2H3;2H2,1H3. The van der Waals surface area contributed by atoms with E-state index in [9.17, 15) is 4.79 Å². The van der Waals surface area contributed by atoms with Crippen LogP contribution in [0.4, 0.5) is 0 Å². The van der Waals surface area contributed by atoms with Gasteiger partial charge in [-0.05, 0) is 32.0 Å². The highest BCUT2D eigenvalue weighted by Crippen LogP contribution is 1.99. The van der Waals surface area contributed by atoms with Crippen LogP contribution in [0.5, 0.6) is 0 Å². The Kier molecular flexibility index (Phi) is 25.1. The third kappa shape index (κ3) is 17.4. The minimum Gasteiger partial charge on any atom is -0.333 e.